The van der Waals surface area contributed by atoms with Crippen LogP contribution in [0.4, 0.5) is 0 Å². The van der Waals surface area contributed by atoms with Crippen molar-refractivity contribution in [2.45, 2.75) is 32.7 Å². The number of hydrogen-bond donors (Lipinski definition) is 1. The number of benzene rings is 1. The van der Waals surface area contributed by atoms with E-state index in [2.05, 4.69) is 26.1 Å². The van der Waals surface area contributed by atoms with Crippen LogP contribution >= 0.6 is 34.8 Å². The van der Waals surface area contributed by atoms with Gasteiger partial charge in [0.1, 0.15) is 5.75 Å². The fraction of sp³-hybridized carbons (Fsp3) is 0.538. The van der Waals surface area contributed by atoms with Gasteiger partial charge in [-0.1, -0.05) is 34.8 Å². The third-order valence-corrected chi connectivity index (χ3v) is 3.23. The van der Waals surface area contributed by atoms with Crippen molar-refractivity contribution in [3.63, 3.8) is 0 Å². The van der Waals surface area contributed by atoms with Crippen LogP contribution in [-0.2, 0) is 0 Å². The van der Waals surface area contributed by atoms with Gasteiger partial charge < -0.3 is 10.1 Å². The molecule has 2 nitrogen and oxygen atoms in total. The van der Waals surface area contributed by atoms with Crippen LogP contribution < -0.4 is 10.1 Å². The monoisotopic (exact) mass is 309 g/mol. The molecule has 0 bridgehead atoms. The summed E-state index contributed by atoms with van der Waals surface area (Å²) in [5.41, 5.74) is 0.126. The molecular weight excluding hydrogens is 293 g/mol. The topological polar surface area (TPSA) is 21.3 Å². The van der Waals surface area contributed by atoms with E-state index < -0.39 is 0 Å². The van der Waals surface area contributed by atoms with Crippen LogP contribution in [0.3, 0.4) is 0 Å². The van der Waals surface area contributed by atoms with E-state index in [0.29, 0.717) is 27.4 Å². The molecule has 0 aliphatic heterocycles. The van der Waals surface area contributed by atoms with Gasteiger partial charge in [0.2, 0.25) is 0 Å². The summed E-state index contributed by atoms with van der Waals surface area (Å²) in [5, 5.41) is 4.74. The second-order valence-electron chi connectivity index (χ2n) is 5.08. The summed E-state index contributed by atoms with van der Waals surface area (Å²) in [4.78, 5) is 0. The maximum atomic E-state index is 6.00. The van der Waals surface area contributed by atoms with Crippen LogP contribution in [-0.4, -0.2) is 18.7 Å². The first-order valence-electron chi connectivity index (χ1n) is 5.82. The lowest BCUT2D eigenvalue weighted by atomic mass is 10.1. The molecule has 0 aromatic heterocycles. The molecule has 18 heavy (non-hydrogen) atoms. The molecule has 0 radical (unpaired) electrons. The number of ether oxygens (including phenoxy) is 1. The lowest BCUT2D eigenvalue weighted by Crippen LogP contribution is -2.36. The Balaban J connectivity index is 2.38. The minimum atomic E-state index is 0.126. The van der Waals surface area contributed by atoms with Crippen molar-refractivity contribution >= 4 is 34.8 Å². The summed E-state index contributed by atoms with van der Waals surface area (Å²) in [6.45, 7) is 7.86. The first-order chi connectivity index (χ1) is 8.29. The fourth-order valence-electron chi connectivity index (χ4n) is 1.33. The molecule has 0 heterocycles. The Hall–Kier alpha value is -0.150. The second kappa shape index (κ2) is 6.85. The van der Waals surface area contributed by atoms with Crippen LogP contribution in [0.2, 0.25) is 15.1 Å². The third-order valence-electron chi connectivity index (χ3n) is 2.21. The molecule has 0 aliphatic rings. The highest BCUT2D eigenvalue weighted by Gasteiger charge is 2.09. The maximum Gasteiger partial charge on any atom is 0.139 e. The Bertz CT molecular complexity index is 402. The second-order valence-corrected chi connectivity index (χ2v) is 6.30. The SMILES string of the molecule is CC(C)(C)NCCCOc1cc(Cl)c(Cl)cc1Cl. The van der Waals surface area contributed by atoms with Crippen LogP contribution in [0, 0.1) is 0 Å². The van der Waals surface area contributed by atoms with Gasteiger partial charge in [-0.05, 0) is 39.8 Å². The summed E-state index contributed by atoms with van der Waals surface area (Å²) >= 11 is 17.7. The highest BCUT2D eigenvalue weighted by molar-refractivity contribution is 6.43. The number of hydrogen-bond acceptors (Lipinski definition) is 2. The molecule has 1 rings (SSSR count). The zero-order valence-corrected chi connectivity index (χ0v) is 13.1. The van der Waals surface area contributed by atoms with E-state index in [-0.39, 0.29) is 5.54 Å². The Kier molecular flexibility index (Phi) is 6.06. The summed E-state index contributed by atoms with van der Waals surface area (Å²) in [6.07, 6.45) is 0.897. The third kappa shape index (κ3) is 5.66. The normalized spacial score (nSPS) is 11.7. The van der Waals surface area contributed by atoms with Crippen LogP contribution in [0.1, 0.15) is 27.2 Å². The van der Waals surface area contributed by atoms with Gasteiger partial charge in [0.05, 0.1) is 21.7 Å². The predicted octanol–water partition coefficient (Wildman–Crippen LogP) is 4.80. The van der Waals surface area contributed by atoms with E-state index in [9.17, 15) is 0 Å². The van der Waals surface area contributed by atoms with Gasteiger partial charge in [-0.25, -0.2) is 0 Å². The van der Waals surface area contributed by atoms with Gasteiger partial charge in [-0.2, -0.15) is 0 Å². The molecule has 1 aromatic carbocycles. The number of halogens is 3. The standard InChI is InChI=1S/C13H18Cl3NO/c1-13(2,3)17-5-4-6-18-12-8-10(15)9(14)7-11(12)16/h7-8,17H,4-6H2,1-3H3. The van der Waals surface area contributed by atoms with Gasteiger partial charge in [0, 0.05) is 11.6 Å². The Morgan fingerprint density at radius 3 is 2.28 bits per heavy atom. The maximum absolute atomic E-state index is 6.00. The van der Waals surface area contributed by atoms with Crippen molar-refractivity contribution < 1.29 is 4.74 Å². The van der Waals surface area contributed by atoms with Gasteiger partial charge in [-0.3, -0.25) is 0 Å². The van der Waals surface area contributed by atoms with Gasteiger partial charge in [0.25, 0.3) is 0 Å². The van der Waals surface area contributed by atoms with Crippen LogP contribution in [0.25, 0.3) is 0 Å². The quantitative estimate of drug-likeness (QED) is 0.623. The predicted molar refractivity (Wildman–Crippen MR) is 79.3 cm³/mol. The molecule has 0 saturated carbocycles. The van der Waals surface area contributed by atoms with Crippen LogP contribution in [0.5, 0.6) is 5.75 Å². The average Bonchev–Trinajstić information content (AvgIpc) is 2.23. The lowest BCUT2D eigenvalue weighted by molar-refractivity contribution is 0.298. The molecule has 0 fully saturated rings. The Morgan fingerprint density at radius 2 is 1.67 bits per heavy atom. The summed E-state index contributed by atoms with van der Waals surface area (Å²) < 4.78 is 5.57. The zero-order valence-electron chi connectivity index (χ0n) is 10.8. The minimum absolute atomic E-state index is 0.126. The number of rotatable bonds is 5. The van der Waals surface area contributed by atoms with Gasteiger partial charge >= 0.3 is 0 Å². The molecular formula is C13H18Cl3NO. The Morgan fingerprint density at radius 1 is 1.06 bits per heavy atom. The zero-order chi connectivity index (χ0) is 13.8. The van der Waals surface area contributed by atoms with E-state index >= 15 is 0 Å². The smallest absolute Gasteiger partial charge is 0.139 e. The first-order valence-corrected chi connectivity index (χ1v) is 6.95. The van der Waals surface area contributed by atoms with Crippen molar-refractivity contribution in [2.75, 3.05) is 13.2 Å². The molecule has 0 atom stereocenters. The van der Waals surface area contributed by atoms with Crippen molar-refractivity contribution in [2.24, 2.45) is 0 Å². The molecule has 0 saturated heterocycles. The van der Waals surface area contributed by atoms with E-state index in [1.807, 2.05) is 0 Å². The van der Waals surface area contributed by atoms with Crippen molar-refractivity contribution in [1.29, 1.82) is 0 Å². The van der Waals surface area contributed by atoms with E-state index in [1.54, 1.807) is 12.1 Å². The summed E-state index contributed by atoms with van der Waals surface area (Å²) in [6, 6.07) is 3.23. The summed E-state index contributed by atoms with van der Waals surface area (Å²) in [7, 11) is 0. The van der Waals surface area contributed by atoms with Crippen molar-refractivity contribution in [3.8, 4) is 5.75 Å². The highest BCUT2D eigenvalue weighted by atomic mass is 35.5. The van der Waals surface area contributed by atoms with Crippen molar-refractivity contribution in [3.05, 3.63) is 27.2 Å². The van der Waals surface area contributed by atoms with Gasteiger partial charge in [-0.15, -0.1) is 0 Å². The molecule has 0 spiro atoms. The molecule has 0 amide bonds. The largest absolute Gasteiger partial charge is 0.492 e. The average molecular weight is 311 g/mol. The molecule has 0 unspecified atom stereocenters. The van der Waals surface area contributed by atoms with Crippen LogP contribution in [0.15, 0.2) is 12.1 Å². The molecule has 1 aromatic rings. The van der Waals surface area contributed by atoms with E-state index in [4.69, 9.17) is 39.5 Å². The molecule has 0 aliphatic carbocycles. The lowest BCUT2D eigenvalue weighted by Gasteiger charge is -2.20. The van der Waals surface area contributed by atoms with E-state index in [0.717, 1.165) is 13.0 Å². The number of nitrogens with one attached hydrogen (secondary N) is 1. The van der Waals surface area contributed by atoms with Crippen molar-refractivity contribution in [1.82, 2.24) is 5.32 Å². The van der Waals surface area contributed by atoms with E-state index in [1.165, 1.54) is 0 Å². The molecule has 5 heteroatoms. The van der Waals surface area contributed by atoms with Gasteiger partial charge in [0.15, 0.2) is 0 Å². The minimum Gasteiger partial charge on any atom is -0.492 e. The molecule has 1 N–H and O–H groups in total. The Labute approximate surface area is 124 Å². The molecule has 102 valence electrons. The first kappa shape index (κ1) is 15.9. The highest BCUT2D eigenvalue weighted by Crippen LogP contribution is 2.33. The fourth-order valence-corrected chi connectivity index (χ4v) is 1.92. The summed E-state index contributed by atoms with van der Waals surface area (Å²) in [5.74, 6) is 0.571.